The third-order valence-corrected chi connectivity index (χ3v) is 2.86. The number of hydrogen-bond acceptors (Lipinski definition) is 4. The van der Waals surface area contributed by atoms with Crippen molar-refractivity contribution in [2.75, 3.05) is 18.9 Å². The van der Waals surface area contributed by atoms with Gasteiger partial charge in [-0.2, -0.15) is 0 Å². The fourth-order valence-electron chi connectivity index (χ4n) is 1.87. The summed E-state index contributed by atoms with van der Waals surface area (Å²) in [6.07, 6.45) is 3.22. The Morgan fingerprint density at radius 2 is 2.24 bits per heavy atom. The average Bonchev–Trinajstić information content (AvgIpc) is 2.38. The molecule has 1 heterocycles. The van der Waals surface area contributed by atoms with E-state index >= 15 is 0 Å². The van der Waals surface area contributed by atoms with E-state index in [1.54, 1.807) is 24.3 Å². The molecule has 0 saturated carbocycles. The van der Waals surface area contributed by atoms with Crippen molar-refractivity contribution < 1.29 is 14.3 Å². The quantitative estimate of drug-likeness (QED) is 0.643. The molecule has 0 radical (unpaired) electrons. The van der Waals surface area contributed by atoms with Crippen LogP contribution in [0.5, 0.6) is 0 Å². The van der Waals surface area contributed by atoms with Crippen LogP contribution in [0.25, 0.3) is 0 Å². The van der Waals surface area contributed by atoms with E-state index in [0.717, 1.165) is 25.9 Å². The molecule has 17 heavy (non-hydrogen) atoms. The molecule has 1 aliphatic heterocycles. The highest BCUT2D eigenvalue weighted by Gasteiger charge is 2.17. The lowest BCUT2D eigenvalue weighted by Gasteiger charge is -2.22. The summed E-state index contributed by atoms with van der Waals surface area (Å²) in [6, 6.07) is 6.91. The summed E-state index contributed by atoms with van der Waals surface area (Å²) < 4.78 is 10.7. The average molecular weight is 235 g/mol. The van der Waals surface area contributed by atoms with Crippen LogP contribution in [0.4, 0.5) is 5.69 Å². The molecule has 4 heteroatoms. The Labute approximate surface area is 101 Å². The summed E-state index contributed by atoms with van der Waals surface area (Å²) in [7, 11) is 0. The standard InChI is InChI=1S/C13H17NO3/c14-12-7-2-1-6-11(12)13(15)17-9-10-5-3-4-8-16-10/h1-2,6-7,10H,3-5,8-9,14H2. The van der Waals surface area contributed by atoms with Gasteiger partial charge in [-0.1, -0.05) is 12.1 Å². The molecular formula is C13H17NO3. The van der Waals surface area contributed by atoms with Crippen LogP contribution in [-0.4, -0.2) is 25.3 Å². The number of nitrogen functional groups attached to an aromatic ring is 1. The summed E-state index contributed by atoms with van der Waals surface area (Å²) >= 11 is 0. The van der Waals surface area contributed by atoms with E-state index in [0.29, 0.717) is 17.9 Å². The second kappa shape index (κ2) is 5.68. The molecule has 1 unspecified atom stereocenters. The zero-order valence-electron chi connectivity index (χ0n) is 9.72. The Morgan fingerprint density at radius 3 is 2.94 bits per heavy atom. The Bertz CT molecular complexity index is 386. The molecule has 1 atom stereocenters. The van der Waals surface area contributed by atoms with Crippen LogP contribution in [0, 0.1) is 0 Å². The summed E-state index contributed by atoms with van der Waals surface area (Å²) in [4.78, 5) is 11.8. The van der Waals surface area contributed by atoms with Gasteiger partial charge in [0.2, 0.25) is 0 Å². The first-order valence-electron chi connectivity index (χ1n) is 5.90. The van der Waals surface area contributed by atoms with Crippen LogP contribution in [0.3, 0.4) is 0 Å². The second-order valence-corrected chi connectivity index (χ2v) is 4.17. The molecule has 1 fully saturated rings. The van der Waals surface area contributed by atoms with E-state index in [9.17, 15) is 4.79 Å². The first kappa shape index (κ1) is 11.9. The fourth-order valence-corrected chi connectivity index (χ4v) is 1.87. The molecule has 1 aromatic carbocycles. The van der Waals surface area contributed by atoms with Crippen LogP contribution in [0.2, 0.25) is 0 Å². The third kappa shape index (κ3) is 3.20. The summed E-state index contributed by atoms with van der Waals surface area (Å²) in [5.74, 6) is -0.378. The van der Waals surface area contributed by atoms with Crippen LogP contribution < -0.4 is 5.73 Å². The lowest BCUT2D eigenvalue weighted by molar-refractivity contribution is -0.0300. The number of carbonyl (C=O) groups is 1. The van der Waals surface area contributed by atoms with E-state index in [1.165, 1.54) is 0 Å². The smallest absolute Gasteiger partial charge is 0.340 e. The molecule has 4 nitrogen and oxygen atoms in total. The maximum atomic E-state index is 11.8. The molecule has 2 rings (SSSR count). The normalized spacial score (nSPS) is 19.9. The number of benzene rings is 1. The SMILES string of the molecule is Nc1ccccc1C(=O)OCC1CCCCO1. The molecule has 0 aromatic heterocycles. The lowest BCUT2D eigenvalue weighted by Crippen LogP contribution is -2.26. The summed E-state index contributed by atoms with van der Waals surface area (Å²) in [5, 5.41) is 0. The van der Waals surface area contributed by atoms with Gasteiger partial charge in [0.1, 0.15) is 6.61 Å². The predicted octanol–water partition coefficient (Wildman–Crippen LogP) is 1.99. The minimum Gasteiger partial charge on any atom is -0.459 e. The topological polar surface area (TPSA) is 61.6 Å². The molecule has 0 amide bonds. The Balaban J connectivity index is 1.87. The van der Waals surface area contributed by atoms with Gasteiger partial charge in [0.05, 0.1) is 11.7 Å². The van der Waals surface area contributed by atoms with E-state index < -0.39 is 0 Å². The third-order valence-electron chi connectivity index (χ3n) is 2.86. The number of carbonyl (C=O) groups excluding carboxylic acids is 1. The minimum absolute atomic E-state index is 0.0395. The van der Waals surface area contributed by atoms with Crippen molar-refractivity contribution in [3.05, 3.63) is 29.8 Å². The summed E-state index contributed by atoms with van der Waals surface area (Å²) in [6.45, 7) is 1.07. The second-order valence-electron chi connectivity index (χ2n) is 4.17. The van der Waals surface area contributed by atoms with Crippen LogP contribution >= 0.6 is 0 Å². The number of ether oxygens (including phenoxy) is 2. The molecular weight excluding hydrogens is 218 g/mol. The van der Waals surface area contributed by atoms with Gasteiger partial charge in [0, 0.05) is 12.3 Å². The van der Waals surface area contributed by atoms with Gasteiger partial charge in [0.15, 0.2) is 0 Å². The van der Waals surface area contributed by atoms with Crippen LogP contribution in [0.15, 0.2) is 24.3 Å². The highest BCUT2D eigenvalue weighted by Crippen LogP contribution is 2.15. The van der Waals surface area contributed by atoms with Gasteiger partial charge in [-0.3, -0.25) is 0 Å². The van der Waals surface area contributed by atoms with E-state index in [1.807, 2.05) is 0 Å². The van der Waals surface area contributed by atoms with Gasteiger partial charge < -0.3 is 15.2 Å². The lowest BCUT2D eigenvalue weighted by atomic mass is 10.1. The number of nitrogens with two attached hydrogens (primary N) is 1. The Hall–Kier alpha value is -1.55. The molecule has 0 bridgehead atoms. The van der Waals surface area contributed by atoms with E-state index in [2.05, 4.69) is 0 Å². The largest absolute Gasteiger partial charge is 0.459 e. The van der Waals surface area contributed by atoms with E-state index in [4.69, 9.17) is 15.2 Å². The minimum atomic E-state index is -0.378. The molecule has 1 aliphatic rings. The maximum absolute atomic E-state index is 11.8. The van der Waals surface area contributed by atoms with Crippen molar-refractivity contribution >= 4 is 11.7 Å². The van der Waals surface area contributed by atoms with E-state index in [-0.39, 0.29) is 12.1 Å². The van der Waals surface area contributed by atoms with Crippen molar-refractivity contribution in [1.82, 2.24) is 0 Å². The van der Waals surface area contributed by atoms with Gasteiger partial charge in [-0.15, -0.1) is 0 Å². The zero-order chi connectivity index (χ0) is 12.1. The van der Waals surface area contributed by atoms with Crippen LogP contribution in [0.1, 0.15) is 29.6 Å². The molecule has 0 spiro atoms. The molecule has 2 N–H and O–H groups in total. The fraction of sp³-hybridized carbons (Fsp3) is 0.462. The molecule has 92 valence electrons. The van der Waals surface area contributed by atoms with Crippen molar-refractivity contribution in [1.29, 1.82) is 0 Å². The number of para-hydroxylation sites is 1. The number of anilines is 1. The van der Waals surface area contributed by atoms with Gasteiger partial charge in [0.25, 0.3) is 0 Å². The molecule has 1 saturated heterocycles. The first-order valence-corrected chi connectivity index (χ1v) is 5.90. The van der Waals surface area contributed by atoms with Crippen molar-refractivity contribution in [3.8, 4) is 0 Å². The predicted molar refractivity (Wildman–Crippen MR) is 64.7 cm³/mol. The van der Waals surface area contributed by atoms with Crippen LogP contribution in [-0.2, 0) is 9.47 Å². The highest BCUT2D eigenvalue weighted by molar-refractivity contribution is 5.94. The maximum Gasteiger partial charge on any atom is 0.340 e. The van der Waals surface area contributed by atoms with Crippen molar-refractivity contribution in [2.45, 2.75) is 25.4 Å². The molecule has 1 aromatic rings. The summed E-state index contributed by atoms with van der Waals surface area (Å²) in [5.41, 5.74) is 6.56. The monoisotopic (exact) mass is 235 g/mol. The Morgan fingerprint density at radius 1 is 1.41 bits per heavy atom. The van der Waals surface area contributed by atoms with Gasteiger partial charge in [-0.05, 0) is 31.4 Å². The Kier molecular flexibility index (Phi) is 3.98. The zero-order valence-corrected chi connectivity index (χ0v) is 9.72. The number of rotatable bonds is 3. The number of esters is 1. The molecule has 0 aliphatic carbocycles. The van der Waals surface area contributed by atoms with Gasteiger partial charge >= 0.3 is 5.97 Å². The highest BCUT2D eigenvalue weighted by atomic mass is 16.6. The van der Waals surface area contributed by atoms with Gasteiger partial charge in [-0.25, -0.2) is 4.79 Å². The van der Waals surface area contributed by atoms with Crippen molar-refractivity contribution in [3.63, 3.8) is 0 Å². The van der Waals surface area contributed by atoms with Crippen molar-refractivity contribution in [2.24, 2.45) is 0 Å². The first-order chi connectivity index (χ1) is 8.27. The number of hydrogen-bond donors (Lipinski definition) is 1.